The summed E-state index contributed by atoms with van der Waals surface area (Å²) < 4.78 is 1.17. The first kappa shape index (κ1) is 13.8. The van der Waals surface area contributed by atoms with Crippen molar-refractivity contribution in [2.45, 2.75) is 26.8 Å². The average molecular weight is 324 g/mol. The van der Waals surface area contributed by atoms with E-state index in [-0.39, 0.29) is 6.04 Å². The molecule has 18 heavy (non-hydrogen) atoms. The molecule has 1 aromatic carbocycles. The second-order valence-corrected chi connectivity index (χ2v) is 6.48. The van der Waals surface area contributed by atoms with E-state index >= 15 is 0 Å². The monoisotopic (exact) mass is 323 g/mol. The lowest BCUT2D eigenvalue weighted by atomic mass is 9.99. The highest BCUT2D eigenvalue weighted by Gasteiger charge is 2.16. The van der Waals surface area contributed by atoms with Gasteiger partial charge in [-0.25, -0.2) is 0 Å². The van der Waals surface area contributed by atoms with Gasteiger partial charge in [-0.15, -0.1) is 11.3 Å². The van der Waals surface area contributed by atoms with Gasteiger partial charge in [-0.05, 0) is 49.0 Å². The van der Waals surface area contributed by atoms with Crippen LogP contribution in [0.1, 0.15) is 34.5 Å². The summed E-state index contributed by atoms with van der Waals surface area (Å²) in [5.41, 5.74) is 3.96. The van der Waals surface area contributed by atoms with Crippen molar-refractivity contribution >= 4 is 27.3 Å². The molecule has 96 valence electrons. The van der Waals surface area contributed by atoms with Crippen molar-refractivity contribution in [3.05, 3.63) is 55.7 Å². The summed E-state index contributed by atoms with van der Waals surface area (Å²) in [4.78, 5) is 1.36. The Bertz CT molecular complexity index is 533. The minimum absolute atomic E-state index is 0.272. The van der Waals surface area contributed by atoms with Crippen LogP contribution in [0.3, 0.4) is 0 Å². The molecule has 0 fully saturated rings. The van der Waals surface area contributed by atoms with Gasteiger partial charge in [0.05, 0.1) is 6.04 Å². The molecule has 0 spiro atoms. The highest BCUT2D eigenvalue weighted by molar-refractivity contribution is 9.10. The van der Waals surface area contributed by atoms with Crippen molar-refractivity contribution in [3.63, 3.8) is 0 Å². The molecule has 0 aliphatic heterocycles. The molecule has 2 rings (SSSR count). The molecule has 0 saturated carbocycles. The molecule has 2 aromatic rings. The van der Waals surface area contributed by atoms with Gasteiger partial charge in [0.1, 0.15) is 0 Å². The fourth-order valence-electron chi connectivity index (χ4n) is 2.11. The molecule has 1 unspecified atom stereocenters. The van der Waals surface area contributed by atoms with E-state index in [2.05, 4.69) is 71.7 Å². The normalized spacial score (nSPS) is 12.7. The van der Waals surface area contributed by atoms with Crippen molar-refractivity contribution in [2.24, 2.45) is 0 Å². The quantitative estimate of drug-likeness (QED) is 0.850. The fourth-order valence-corrected chi connectivity index (χ4v) is 3.32. The van der Waals surface area contributed by atoms with Crippen LogP contribution in [0.15, 0.2) is 34.1 Å². The maximum atomic E-state index is 3.67. The van der Waals surface area contributed by atoms with Gasteiger partial charge in [0.2, 0.25) is 0 Å². The lowest BCUT2D eigenvalue weighted by Crippen LogP contribution is -2.22. The predicted molar refractivity (Wildman–Crippen MR) is 83.5 cm³/mol. The van der Waals surface area contributed by atoms with Crippen molar-refractivity contribution in [1.29, 1.82) is 0 Å². The van der Waals surface area contributed by atoms with Crippen molar-refractivity contribution < 1.29 is 0 Å². The summed E-state index contributed by atoms with van der Waals surface area (Å²) in [5, 5.41) is 5.82. The first-order valence-electron chi connectivity index (χ1n) is 6.16. The third kappa shape index (κ3) is 3.02. The molecule has 0 bridgehead atoms. The number of thiophene rings is 1. The Labute approximate surface area is 121 Å². The van der Waals surface area contributed by atoms with Gasteiger partial charge < -0.3 is 5.32 Å². The van der Waals surface area contributed by atoms with Crippen LogP contribution in [-0.2, 0) is 0 Å². The second kappa shape index (κ2) is 6.00. The van der Waals surface area contributed by atoms with Gasteiger partial charge in [0, 0.05) is 9.35 Å². The molecule has 1 atom stereocenters. The highest BCUT2D eigenvalue weighted by Crippen LogP contribution is 2.31. The van der Waals surface area contributed by atoms with Crippen LogP contribution in [0.2, 0.25) is 0 Å². The van der Waals surface area contributed by atoms with E-state index in [1.165, 1.54) is 26.0 Å². The van der Waals surface area contributed by atoms with Crippen LogP contribution in [0.5, 0.6) is 0 Å². The largest absolute Gasteiger partial charge is 0.306 e. The summed E-state index contributed by atoms with van der Waals surface area (Å²) in [6.45, 7) is 7.40. The zero-order valence-electron chi connectivity index (χ0n) is 11.0. The number of nitrogens with one attached hydrogen (secondary N) is 1. The lowest BCUT2D eigenvalue weighted by molar-refractivity contribution is 0.630. The van der Waals surface area contributed by atoms with E-state index in [4.69, 9.17) is 0 Å². The minimum Gasteiger partial charge on any atom is -0.306 e. The van der Waals surface area contributed by atoms with Gasteiger partial charge >= 0.3 is 0 Å². The van der Waals surface area contributed by atoms with Crippen LogP contribution >= 0.6 is 27.3 Å². The summed E-state index contributed by atoms with van der Waals surface area (Å²) in [6, 6.07) is 9.06. The zero-order chi connectivity index (χ0) is 13.1. The second-order valence-electron chi connectivity index (χ2n) is 4.51. The van der Waals surface area contributed by atoms with Crippen LogP contribution in [-0.4, -0.2) is 6.54 Å². The number of hydrogen-bond donors (Lipinski definition) is 1. The Morgan fingerprint density at radius 1 is 1.28 bits per heavy atom. The van der Waals surface area contributed by atoms with Crippen LogP contribution in [0.25, 0.3) is 0 Å². The van der Waals surface area contributed by atoms with E-state index in [0.29, 0.717) is 0 Å². The summed E-state index contributed by atoms with van der Waals surface area (Å²) in [5.74, 6) is 0. The Kier molecular flexibility index (Phi) is 4.60. The molecular weight excluding hydrogens is 306 g/mol. The first-order valence-corrected chi connectivity index (χ1v) is 7.83. The zero-order valence-corrected chi connectivity index (χ0v) is 13.4. The van der Waals surface area contributed by atoms with E-state index in [1.54, 1.807) is 0 Å². The number of hydrogen-bond acceptors (Lipinski definition) is 2. The van der Waals surface area contributed by atoms with Gasteiger partial charge in [-0.2, -0.15) is 0 Å². The molecule has 1 heterocycles. The average Bonchev–Trinajstić information content (AvgIpc) is 2.76. The lowest BCUT2D eigenvalue weighted by Gasteiger charge is -2.19. The topological polar surface area (TPSA) is 12.0 Å². The predicted octanol–water partition coefficient (Wildman–Crippen LogP) is 4.83. The highest BCUT2D eigenvalue weighted by atomic mass is 79.9. The Morgan fingerprint density at radius 3 is 2.67 bits per heavy atom. The van der Waals surface area contributed by atoms with E-state index in [1.807, 2.05) is 11.3 Å². The maximum absolute atomic E-state index is 3.67. The van der Waals surface area contributed by atoms with Crippen molar-refractivity contribution in [2.75, 3.05) is 6.54 Å². The number of aryl methyl sites for hydroxylation is 2. The molecule has 0 aliphatic carbocycles. The van der Waals surface area contributed by atoms with E-state index in [0.717, 1.165) is 6.54 Å². The number of rotatable bonds is 4. The van der Waals surface area contributed by atoms with E-state index in [9.17, 15) is 0 Å². The molecule has 3 heteroatoms. The molecule has 1 aromatic heterocycles. The molecular formula is C15H18BrNS. The van der Waals surface area contributed by atoms with Crippen molar-refractivity contribution in [3.8, 4) is 0 Å². The third-order valence-electron chi connectivity index (χ3n) is 2.95. The number of halogens is 1. The van der Waals surface area contributed by atoms with Gasteiger partial charge in [0.15, 0.2) is 0 Å². The first-order chi connectivity index (χ1) is 8.61. The molecule has 1 nitrogen and oxygen atoms in total. The standard InChI is InChI=1S/C15H18BrNS/c1-4-17-15(12-8-11(3)18-9-12)13-7-10(2)5-6-14(13)16/h5-9,15,17H,4H2,1-3H3. The molecule has 0 saturated heterocycles. The van der Waals surface area contributed by atoms with Crippen LogP contribution in [0, 0.1) is 13.8 Å². The maximum Gasteiger partial charge on any atom is 0.0596 e. The summed E-state index contributed by atoms with van der Waals surface area (Å²) in [7, 11) is 0. The fraction of sp³-hybridized carbons (Fsp3) is 0.333. The smallest absolute Gasteiger partial charge is 0.0596 e. The molecule has 1 N–H and O–H groups in total. The number of benzene rings is 1. The Hall–Kier alpha value is -0.640. The summed E-state index contributed by atoms with van der Waals surface area (Å²) in [6.07, 6.45) is 0. The van der Waals surface area contributed by atoms with Gasteiger partial charge in [0.25, 0.3) is 0 Å². The van der Waals surface area contributed by atoms with Crippen LogP contribution in [0.4, 0.5) is 0 Å². The molecule has 0 aliphatic rings. The Balaban J connectivity index is 2.44. The summed E-state index contributed by atoms with van der Waals surface area (Å²) >= 11 is 5.48. The van der Waals surface area contributed by atoms with Gasteiger partial charge in [-0.1, -0.05) is 40.5 Å². The van der Waals surface area contributed by atoms with E-state index < -0.39 is 0 Å². The van der Waals surface area contributed by atoms with Crippen LogP contribution < -0.4 is 5.32 Å². The van der Waals surface area contributed by atoms with Gasteiger partial charge in [-0.3, -0.25) is 0 Å². The molecule has 0 radical (unpaired) electrons. The third-order valence-corrected chi connectivity index (χ3v) is 4.56. The Morgan fingerprint density at radius 2 is 2.06 bits per heavy atom. The molecule has 0 amide bonds. The SMILES string of the molecule is CCNC(c1csc(C)c1)c1cc(C)ccc1Br. The minimum atomic E-state index is 0.272. The van der Waals surface area contributed by atoms with Crippen molar-refractivity contribution in [1.82, 2.24) is 5.32 Å².